The van der Waals surface area contributed by atoms with E-state index >= 15 is 0 Å². The summed E-state index contributed by atoms with van der Waals surface area (Å²) in [5.74, 6) is 0.154. The van der Waals surface area contributed by atoms with Gasteiger partial charge in [0.2, 0.25) is 0 Å². The van der Waals surface area contributed by atoms with Gasteiger partial charge in [-0.1, -0.05) is 18.2 Å². The van der Waals surface area contributed by atoms with E-state index in [0.29, 0.717) is 12.0 Å². The molecule has 1 unspecified atom stereocenters. The Labute approximate surface area is 141 Å². The van der Waals surface area contributed by atoms with Gasteiger partial charge in [-0.25, -0.2) is 13.1 Å². The molecule has 1 aromatic carbocycles. The molecule has 7 heteroatoms. The van der Waals surface area contributed by atoms with Gasteiger partial charge in [0.25, 0.3) is 5.91 Å². The quantitative estimate of drug-likeness (QED) is 0.845. The van der Waals surface area contributed by atoms with Crippen LogP contribution in [0.4, 0.5) is 0 Å². The Bertz CT molecular complexity index is 856. The average Bonchev–Trinajstić information content (AvgIpc) is 3.15. The van der Waals surface area contributed by atoms with Crippen LogP contribution in [0.1, 0.15) is 29.6 Å². The van der Waals surface area contributed by atoms with Crippen LogP contribution in [-0.2, 0) is 9.84 Å². The topological polar surface area (TPSA) is 72.3 Å². The molecule has 4 rings (SSSR count). The fourth-order valence-electron chi connectivity index (χ4n) is 3.28. The summed E-state index contributed by atoms with van der Waals surface area (Å²) in [4.78, 5) is 14.7. The fourth-order valence-corrected chi connectivity index (χ4v) is 4.99. The van der Waals surface area contributed by atoms with Gasteiger partial charge in [0.05, 0.1) is 29.0 Å². The fraction of sp³-hybridized carbons (Fsp3) is 0.412. The molecule has 2 aliphatic rings. The molecule has 0 radical (unpaired) electrons. The Morgan fingerprint density at radius 1 is 1.12 bits per heavy atom. The van der Waals surface area contributed by atoms with Crippen LogP contribution in [0.2, 0.25) is 0 Å². The van der Waals surface area contributed by atoms with Crippen molar-refractivity contribution >= 4 is 15.7 Å². The first-order valence-electron chi connectivity index (χ1n) is 8.17. The second-order valence-electron chi connectivity index (χ2n) is 6.51. The number of amides is 1. The molecule has 0 bridgehead atoms. The number of nitrogens with zero attached hydrogens (tertiary/aromatic N) is 3. The molecule has 1 saturated heterocycles. The number of hydrogen-bond acceptors (Lipinski definition) is 4. The molecule has 1 aromatic heterocycles. The van der Waals surface area contributed by atoms with Crippen molar-refractivity contribution in [2.75, 3.05) is 11.5 Å². The highest BCUT2D eigenvalue weighted by Gasteiger charge is 2.42. The molecule has 1 aliphatic heterocycles. The number of benzene rings is 1. The van der Waals surface area contributed by atoms with E-state index in [1.165, 1.54) is 0 Å². The number of carbonyl (C=O) groups is 1. The van der Waals surface area contributed by atoms with Gasteiger partial charge in [-0.15, -0.1) is 0 Å². The van der Waals surface area contributed by atoms with Gasteiger partial charge in [0.15, 0.2) is 9.84 Å². The van der Waals surface area contributed by atoms with E-state index in [1.807, 2.05) is 30.3 Å². The highest BCUT2D eigenvalue weighted by molar-refractivity contribution is 7.91. The van der Waals surface area contributed by atoms with Crippen molar-refractivity contribution in [2.24, 2.45) is 0 Å². The Morgan fingerprint density at radius 3 is 2.50 bits per heavy atom. The molecule has 1 aliphatic carbocycles. The monoisotopic (exact) mass is 345 g/mol. The van der Waals surface area contributed by atoms with Crippen molar-refractivity contribution in [1.29, 1.82) is 0 Å². The number of rotatable bonds is 4. The molecule has 126 valence electrons. The van der Waals surface area contributed by atoms with E-state index in [2.05, 4.69) is 5.10 Å². The van der Waals surface area contributed by atoms with Gasteiger partial charge in [-0.2, -0.15) is 5.10 Å². The van der Waals surface area contributed by atoms with E-state index in [9.17, 15) is 13.2 Å². The molecule has 0 N–H and O–H groups in total. The van der Waals surface area contributed by atoms with E-state index in [1.54, 1.807) is 22.0 Å². The molecular weight excluding hydrogens is 326 g/mol. The molecule has 2 heterocycles. The third-order valence-electron chi connectivity index (χ3n) is 4.63. The maximum absolute atomic E-state index is 12.9. The van der Waals surface area contributed by atoms with E-state index in [0.717, 1.165) is 18.5 Å². The number of para-hydroxylation sites is 1. The molecule has 2 fully saturated rings. The predicted molar refractivity (Wildman–Crippen MR) is 89.8 cm³/mol. The number of sulfone groups is 1. The lowest BCUT2D eigenvalue weighted by Crippen LogP contribution is -2.42. The van der Waals surface area contributed by atoms with Crippen molar-refractivity contribution in [1.82, 2.24) is 14.7 Å². The number of hydrogen-bond donors (Lipinski definition) is 0. The number of aromatic nitrogens is 2. The van der Waals surface area contributed by atoms with Crippen LogP contribution >= 0.6 is 0 Å². The molecule has 1 atom stereocenters. The maximum atomic E-state index is 12.9. The lowest BCUT2D eigenvalue weighted by atomic mass is 10.2. The normalized spacial score (nSPS) is 22.4. The predicted octanol–water partition coefficient (Wildman–Crippen LogP) is 1.66. The summed E-state index contributed by atoms with van der Waals surface area (Å²) in [7, 11) is -3.01. The van der Waals surface area contributed by atoms with Gasteiger partial charge < -0.3 is 4.90 Å². The van der Waals surface area contributed by atoms with Crippen LogP contribution in [0.15, 0.2) is 42.7 Å². The largest absolute Gasteiger partial charge is 0.332 e. The van der Waals surface area contributed by atoms with Crippen molar-refractivity contribution in [3.8, 4) is 5.69 Å². The first kappa shape index (κ1) is 15.4. The zero-order chi connectivity index (χ0) is 16.7. The highest BCUT2D eigenvalue weighted by atomic mass is 32.2. The summed E-state index contributed by atoms with van der Waals surface area (Å²) < 4.78 is 25.2. The van der Waals surface area contributed by atoms with Crippen molar-refractivity contribution in [3.63, 3.8) is 0 Å². The van der Waals surface area contributed by atoms with Crippen LogP contribution in [-0.4, -0.2) is 52.6 Å². The van der Waals surface area contributed by atoms with E-state index < -0.39 is 9.84 Å². The third kappa shape index (κ3) is 2.96. The minimum atomic E-state index is -3.01. The standard InChI is InChI=1S/C17H19N3O3S/c21-17(13-10-18-19(11-13)14-4-2-1-3-5-14)20(15-6-7-15)16-8-9-24(22,23)12-16/h1-5,10-11,15-16H,6-9,12H2. The van der Waals surface area contributed by atoms with Gasteiger partial charge >= 0.3 is 0 Å². The molecule has 0 spiro atoms. The van der Waals surface area contributed by atoms with Crippen LogP contribution < -0.4 is 0 Å². The van der Waals surface area contributed by atoms with E-state index in [-0.39, 0.29) is 29.5 Å². The Hall–Kier alpha value is -2.15. The molecule has 1 saturated carbocycles. The smallest absolute Gasteiger partial charge is 0.257 e. The summed E-state index contributed by atoms with van der Waals surface area (Å²) in [6.07, 6.45) is 5.73. The second-order valence-corrected chi connectivity index (χ2v) is 8.74. The van der Waals surface area contributed by atoms with Crippen LogP contribution in [0, 0.1) is 0 Å². The first-order chi connectivity index (χ1) is 11.5. The molecule has 1 amide bonds. The van der Waals surface area contributed by atoms with Crippen molar-refractivity contribution < 1.29 is 13.2 Å². The average molecular weight is 345 g/mol. The van der Waals surface area contributed by atoms with Gasteiger partial charge in [0, 0.05) is 18.3 Å². The Morgan fingerprint density at radius 2 is 1.88 bits per heavy atom. The lowest BCUT2D eigenvalue weighted by molar-refractivity contribution is 0.0681. The van der Waals surface area contributed by atoms with Crippen molar-refractivity contribution in [2.45, 2.75) is 31.3 Å². The molecule has 2 aromatic rings. The minimum Gasteiger partial charge on any atom is -0.332 e. The van der Waals surface area contributed by atoms with Crippen LogP contribution in [0.5, 0.6) is 0 Å². The summed E-state index contributed by atoms with van der Waals surface area (Å²) in [5, 5.41) is 4.28. The maximum Gasteiger partial charge on any atom is 0.257 e. The van der Waals surface area contributed by atoms with Crippen LogP contribution in [0.25, 0.3) is 5.69 Å². The van der Waals surface area contributed by atoms with Gasteiger partial charge in [-0.05, 0) is 31.4 Å². The zero-order valence-electron chi connectivity index (χ0n) is 13.2. The summed E-state index contributed by atoms with van der Waals surface area (Å²) in [6.45, 7) is 0. The zero-order valence-corrected chi connectivity index (χ0v) is 14.0. The summed E-state index contributed by atoms with van der Waals surface area (Å²) >= 11 is 0. The highest BCUT2D eigenvalue weighted by Crippen LogP contribution is 2.33. The van der Waals surface area contributed by atoms with Crippen molar-refractivity contribution in [3.05, 3.63) is 48.3 Å². The van der Waals surface area contributed by atoms with E-state index in [4.69, 9.17) is 0 Å². The molecule has 24 heavy (non-hydrogen) atoms. The molecule has 6 nitrogen and oxygen atoms in total. The van der Waals surface area contributed by atoms with Crippen LogP contribution in [0.3, 0.4) is 0 Å². The number of carbonyl (C=O) groups excluding carboxylic acids is 1. The lowest BCUT2D eigenvalue weighted by Gasteiger charge is -2.27. The third-order valence-corrected chi connectivity index (χ3v) is 6.38. The summed E-state index contributed by atoms with van der Waals surface area (Å²) in [5.41, 5.74) is 1.40. The SMILES string of the molecule is O=C(c1cnn(-c2ccccc2)c1)N(C1CC1)C1CCS(=O)(=O)C1. The molecular formula is C17H19N3O3S. The van der Waals surface area contributed by atoms with Gasteiger partial charge in [0.1, 0.15) is 0 Å². The van der Waals surface area contributed by atoms with Gasteiger partial charge in [-0.3, -0.25) is 4.79 Å². The first-order valence-corrected chi connectivity index (χ1v) is 9.99. The Balaban J connectivity index is 1.59. The minimum absolute atomic E-state index is 0.0854. The summed E-state index contributed by atoms with van der Waals surface area (Å²) in [6, 6.07) is 9.57. The second kappa shape index (κ2) is 5.73. The Kier molecular flexibility index (Phi) is 3.68.